The molecule has 0 bridgehead atoms. The van der Waals surface area contributed by atoms with E-state index in [1.807, 2.05) is 18.2 Å². The number of methoxy groups -OCH3 is 1. The number of nitrogen functional groups attached to an aromatic ring is 1. The zero-order chi connectivity index (χ0) is 12.1. The number of nitrogens with two attached hydrogens (primary N) is 1. The molecule has 1 fully saturated rings. The summed E-state index contributed by atoms with van der Waals surface area (Å²) in [6.45, 7) is 2.45. The average molecular weight is 236 g/mol. The Balaban J connectivity index is 1.70. The minimum Gasteiger partial charge on any atom is -0.495 e. The van der Waals surface area contributed by atoms with Gasteiger partial charge in [-0.3, -0.25) is 0 Å². The van der Waals surface area contributed by atoms with Crippen molar-refractivity contribution in [2.24, 2.45) is 5.92 Å². The first-order valence-electron chi connectivity index (χ1n) is 6.04. The van der Waals surface area contributed by atoms with Crippen molar-refractivity contribution in [3.05, 3.63) is 18.2 Å². The van der Waals surface area contributed by atoms with Crippen molar-refractivity contribution in [1.82, 2.24) is 0 Å². The maximum atomic E-state index is 5.74. The molecular formula is C13H20N2O2. The summed E-state index contributed by atoms with van der Waals surface area (Å²) in [5, 5.41) is 3.28. The fourth-order valence-corrected chi connectivity index (χ4v) is 1.62. The van der Waals surface area contributed by atoms with Crippen LogP contribution < -0.4 is 15.8 Å². The predicted octanol–water partition coefficient (Wildman–Crippen LogP) is 2.12. The number of benzene rings is 1. The average Bonchev–Trinajstić information content (AvgIpc) is 3.15. The second-order valence-corrected chi connectivity index (χ2v) is 4.40. The fourth-order valence-electron chi connectivity index (χ4n) is 1.62. The van der Waals surface area contributed by atoms with E-state index in [0.29, 0.717) is 11.4 Å². The highest BCUT2D eigenvalue weighted by Gasteiger charge is 2.20. The minimum atomic E-state index is 0.656. The van der Waals surface area contributed by atoms with E-state index in [0.717, 1.165) is 31.4 Å². The summed E-state index contributed by atoms with van der Waals surface area (Å²) in [4.78, 5) is 0. The molecule has 1 aromatic carbocycles. The molecule has 1 aliphatic carbocycles. The van der Waals surface area contributed by atoms with Gasteiger partial charge < -0.3 is 20.5 Å². The van der Waals surface area contributed by atoms with Gasteiger partial charge in [0.25, 0.3) is 0 Å². The van der Waals surface area contributed by atoms with E-state index in [-0.39, 0.29) is 0 Å². The summed E-state index contributed by atoms with van der Waals surface area (Å²) in [7, 11) is 1.62. The molecule has 1 aliphatic rings. The molecule has 0 saturated heterocycles. The second kappa shape index (κ2) is 5.77. The Kier molecular flexibility index (Phi) is 4.09. The molecule has 4 heteroatoms. The summed E-state index contributed by atoms with van der Waals surface area (Å²) in [5.41, 5.74) is 7.40. The van der Waals surface area contributed by atoms with E-state index in [9.17, 15) is 0 Å². The van der Waals surface area contributed by atoms with Crippen molar-refractivity contribution in [2.75, 3.05) is 37.9 Å². The maximum Gasteiger partial charge on any atom is 0.143 e. The Morgan fingerprint density at radius 3 is 2.94 bits per heavy atom. The van der Waals surface area contributed by atoms with Crippen LogP contribution >= 0.6 is 0 Å². The molecule has 0 aromatic heterocycles. The number of anilines is 2. The molecule has 0 atom stereocenters. The molecule has 94 valence electrons. The summed E-state index contributed by atoms with van der Waals surface area (Å²) in [6.07, 6.45) is 2.67. The number of hydrogen-bond donors (Lipinski definition) is 2. The first kappa shape index (κ1) is 12.0. The van der Waals surface area contributed by atoms with E-state index in [2.05, 4.69) is 5.32 Å². The molecule has 1 saturated carbocycles. The number of ether oxygens (including phenoxy) is 2. The Labute approximate surface area is 102 Å². The lowest BCUT2D eigenvalue weighted by Crippen LogP contribution is -2.10. The lowest BCUT2D eigenvalue weighted by Gasteiger charge is -2.10. The topological polar surface area (TPSA) is 56.5 Å². The molecule has 4 nitrogen and oxygen atoms in total. The number of hydrogen-bond acceptors (Lipinski definition) is 4. The molecule has 1 aromatic rings. The largest absolute Gasteiger partial charge is 0.495 e. The number of nitrogens with one attached hydrogen (secondary N) is 1. The van der Waals surface area contributed by atoms with Gasteiger partial charge in [-0.15, -0.1) is 0 Å². The van der Waals surface area contributed by atoms with Crippen LogP contribution in [0, 0.1) is 5.92 Å². The van der Waals surface area contributed by atoms with Gasteiger partial charge in [0.1, 0.15) is 5.75 Å². The third kappa shape index (κ3) is 3.82. The van der Waals surface area contributed by atoms with E-state index in [1.165, 1.54) is 12.8 Å². The maximum absolute atomic E-state index is 5.74. The van der Waals surface area contributed by atoms with Gasteiger partial charge in [0.15, 0.2) is 0 Å². The van der Waals surface area contributed by atoms with Gasteiger partial charge >= 0.3 is 0 Å². The van der Waals surface area contributed by atoms with Crippen LogP contribution in [-0.2, 0) is 4.74 Å². The SMILES string of the molecule is COc1cc(NCCOCC2CC2)ccc1N. The normalized spacial score (nSPS) is 14.6. The van der Waals surface area contributed by atoms with E-state index < -0.39 is 0 Å². The molecule has 0 spiro atoms. The Hall–Kier alpha value is -1.42. The van der Waals surface area contributed by atoms with Crippen molar-refractivity contribution in [1.29, 1.82) is 0 Å². The highest BCUT2D eigenvalue weighted by molar-refractivity contribution is 5.61. The summed E-state index contributed by atoms with van der Waals surface area (Å²) in [6, 6.07) is 5.68. The van der Waals surface area contributed by atoms with Crippen molar-refractivity contribution >= 4 is 11.4 Å². The van der Waals surface area contributed by atoms with Gasteiger partial charge in [0.05, 0.1) is 19.4 Å². The van der Waals surface area contributed by atoms with Crippen LogP contribution in [0.3, 0.4) is 0 Å². The van der Waals surface area contributed by atoms with E-state index in [4.69, 9.17) is 15.2 Å². The van der Waals surface area contributed by atoms with Crippen LogP contribution in [0.15, 0.2) is 18.2 Å². The Morgan fingerprint density at radius 1 is 1.41 bits per heavy atom. The summed E-state index contributed by atoms with van der Waals surface area (Å²) >= 11 is 0. The molecule has 2 rings (SSSR count). The lowest BCUT2D eigenvalue weighted by atomic mass is 10.2. The van der Waals surface area contributed by atoms with Crippen LogP contribution in [0.25, 0.3) is 0 Å². The highest BCUT2D eigenvalue weighted by atomic mass is 16.5. The fraction of sp³-hybridized carbons (Fsp3) is 0.538. The second-order valence-electron chi connectivity index (χ2n) is 4.40. The van der Waals surface area contributed by atoms with Gasteiger partial charge in [0, 0.05) is 24.9 Å². The Morgan fingerprint density at radius 2 is 2.24 bits per heavy atom. The van der Waals surface area contributed by atoms with Gasteiger partial charge in [-0.2, -0.15) is 0 Å². The molecule has 0 heterocycles. The quantitative estimate of drug-likeness (QED) is 0.562. The third-order valence-electron chi connectivity index (χ3n) is 2.86. The zero-order valence-corrected chi connectivity index (χ0v) is 10.2. The summed E-state index contributed by atoms with van der Waals surface area (Å²) < 4.78 is 10.7. The van der Waals surface area contributed by atoms with Crippen molar-refractivity contribution in [3.63, 3.8) is 0 Å². The first-order valence-corrected chi connectivity index (χ1v) is 6.04. The molecule has 3 N–H and O–H groups in total. The van der Waals surface area contributed by atoms with Gasteiger partial charge in [0.2, 0.25) is 0 Å². The van der Waals surface area contributed by atoms with Gasteiger partial charge in [-0.1, -0.05) is 0 Å². The Bertz CT molecular complexity index is 364. The molecule has 0 amide bonds. The van der Waals surface area contributed by atoms with E-state index >= 15 is 0 Å². The molecular weight excluding hydrogens is 216 g/mol. The van der Waals surface area contributed by atoms with Crippen LogP contribution in [0.2, 0.25) is 0 Å². The number of rotatable bonds is 7. The highest BCUT2D eigenvalue weighted by Crippen LogP contribution is 2.28. The van der Waals surface area contributed by atoms with Gasteiger partial charge in [-0.25, -0.2) is 0 Å². The monoisotopic (exact) mass is 236 g/mol. The predicted molar refractivity (Wildman–Crippen MR) is 69.4 cm³/mol. The van der Waals surface area contributed by atoms with Crippen molar-refractivity contribution < 1.29 is 9.47 Å². The van der Waals surface area contributed by atoms with Gasteiger partial charge in [-0.05, 0) is 30.9 Å². The molecule has 0 radical (unpaired) electrons. The minimum absolute atomic E-state index is 0.656. The van der Waals surface area contributed by atoms with Crippen LogP contribution in [-0.4, -0.2) is 26.9 Å². The molecule has 0 unspecified atom stereocenters. The molecule has 17 heavy (non-hydrogen) atoms. The van der Waals surface area contributed by atoms with Crippen molar-refractivity contribution in [2.45, 2.75) is 12.8 Å². The van der Waals surface area contributed by atoms with Crippen molar-refractivity contribution in [3.8, 4) is 5.75 Å². The van der Waals surface area contributed by atoms with Crippen LogP contribution in [0.1, 0.15) is 12.8 Å². The molecule has 0 aliphatic heterocycles. The van der Waals surface area contributed by atoms with E-state index in [1.54, 1.807) is 7.11 Å². The smallest absolute Gasteiger partial charge is 0.143 e. The van der Waals surface area contributed by atoms with Crippen LogP contribution in [0.4, 0.5) is 11.4 Å². The zero-order valence-electron chi connectivity index (χ0n) is 10.2. The standard InChI is InChI=1S/C13H20N2O2/c1-16-13-8-11(4-5-12(13)14)15-6-7-17-9-10-2-3-10/h4-5,8,10,15H,2-3,6-7,9,14H2,1H3. The lowest BCUT2D eigenvalue weighted by molar-refractivity contribution is 0.134. The first-order chi connectivity index (χ1) is 8.29. The third-order valence-corrected chi connectivity index (χ3v) is 2.86. The van der Waals surface area contributed by atoms with Crippen LogP contribution in [0.5, 0.6) is 5.75 Å². The summed E-state index contributed by atoms with van der Waals surface area (Å²) in [5.74, 6) is 1.53.